The van der Waals surface area contributed by atoms with E-state index in [9.17, 15) is 14.7 Å². The van der Waals surface area contributed by atoms with Crippen LogP contribution in [-0.2, 0) is 9.59 Å². The molecule has 0 saturated carbocycles. The Morgan fingerprint density at radius 1 is 1.16 bits per heavy atom. The van der Waals surface area contributed by atoms with Crippen molar-refractivity contribution in [3.05, 3.63) is 69.8 Å². The van der Waals surface area contributed by atoms with Crippen LogP contribution in [0.3, 0.4) is 0 Å². The van der Waals surface area contributed by atoms with Crippen LogP contribution in [0.15, 0.2) is 48.0 Å². The number of rotatable bonds is 8. The van der Waals surface area contributed by atoms with Crippen molar-refractivity contribution in [2.45, 2.75) is 26.8 Å². The predicted molar refractivity (Wildman–Crippen MR) is 126 cm³/mol. The second-order valence-electron chi connectivity index (χ2n) is 7.72. The zero-order valence-electron chi connectivity index (χ0n) is 18.9. The topological polar surface area (TPSA) is 70.1 Å². The molecule has 2 aromatic carbocycles. The number of aryl methyl sites for hydroxylation is 1. The van der Waals surface area contributed by atoms with Gasteiger partial charge in [0, 0.05) is 18.7 Å². The molecule has 2 aromatic rings. The molecule has 1 saturated heterocycles. The predicted octanol–water partition coefficient (Wildman–Crippen LogP) is 4.42. The van der Waals surface area contributed by atoms with Gasteiger partial charge in [-0.15, -0.1) is 0 Å². The molecule has 0 radical (unpaired) electrons. The number of nitrogens with zero attached hydrogens (tertiary/aromatic N) is 2. The van der Waals surface area contributed by atoms with Crippen LogP contribution in [0.4, 0.5) is 0 Å². The molecule has 6 nitrogen and oxygen atoms in total. The van der Waals surface area contributed by atoms with Crippen molar-refractivity contribution in [3.8, 4) is 5.75 Å². The summed E-state index contributed by atoms with van der Waals surface area (Å²) in [6.07, 6.45) is 0. The number of carbonyl (C=O) groups excluding carboxylic acids is 2. The third kappa shape index (κ3) is 4.52. The molecule has 170 valence electrons. The number of amides is 1. The first-order chi connectivity index (χ1) is 15.3. The lowest BCUT2D eigenvalue weighted by atomic mass is 9.92. The van der Waals surface area contributed by atoms with E-state index in [-0.39, 0.29) is 21.9 Å². The monoisotopic (exact) mass is 456 g/mol. The van der Waals surface area contributed by atoms with E-state index >= 15 is 0 Å². The number of benzene rings is 2. The average molecular weight is 457 g/mol. The van der Waals surface area contributed by atoms with Crippen molar-refractivity contribution in [1.82, 2.24) is 9.80 Å². The van der Waals surface area contributed by atoms with Gasteiger partial charge in [0.1, 0.15) is 11.5 Å². The fourth-order valence-electron chi connectivity index (χ4n) is 4.07. The van der Waals surface area contributed by atoms with E-state index in [1.165, 1.54) is 7.11 Å². The van der Waals surface area contributed by atoms with E-state index in [1.54, 1.807) is 23.1 Å². The van der Waals surface area contributed by atoms with Crippen molar-refractivity contribution in [2.75, 3.05) is 33.3 Å². The fourth-order valence-corrected chi connectivity index (χ4v) is 4.28. The molecular formula is C25H29ClN2O4. The summed E-state index contributed by atoms with van der Waals surface area (Å²) in [6.45, 7) is 8.72. The molecule has 32 heavy (non-hydrogen) atoms. The number of aliphatic hydroxyl groups excluding tert-OH is 1. The lowest BCUT2D eigenvalue weighted by molar-refractivity contribution is -0.140. The minimum absolute atomic E-state index is 0.0407. The van der Waals surface area contributed by atoms with Crippen molar-refractivity contribution >= 4 is 29.1 Å². The molecule has 1 aliphatic heterocycles. The van der Waals surface area contributed by atoms with Gasteiger partial charge in [-0.25, -0.2) is 0 Å². The molecule has 0 bridgehead atoms. The Balaban J connectivity index is 2.17. The Hall–Kier alpha value is -2.83. The van der Waals surface area contributed by atoms with Crippen molar-refractivity contribution in [2.24, 2.45) is 0 Å². The number of methoxy groups -OCH3 is 1. The molecule has 1 N–H and O–H groups in total. The molecule has 3 rings (SSSR count). The van der Waals surface area contributed by atoms with E-state index < -0.39 is 17.7 Å². The smallest absolute Gasteiger partial charge is 0.295 e. The van der Waals surface area contributed by atoms with Crippen LogP contribution in [0.25, 0.3) is 5.76 Å². The maximum Gasteiger partial charge on any atom is 0.295 e. The van der Waals surface area contributed by atoms with Crippen LogP contribution in [-0.4, -0.2) is 59.9 Å². The number of likely N-dealkylation sites (tertiary alicyclic amines) is 1. The summed E-state index contributed by atoms with van der Waals surface area (Å²) in [4.78, 5) is 30.0. The average Bonchev–Trinajstić information content (AvgIpc) is 3.04. The van der Waals surface area contributed by atoms with Gasteiger partial charge in [0.05, 0.1) is 23.7 Å². The third-order valence-corrected chi connectivity index (χ3v) is 6.33. The highest BCUT2D eigenvalue weighted by atomic mass is 35.5. The van der Waals surface area contributed by atoms with Crippen LogP contribution in [0.2, 0.25) is 5.02 Å². The largest absolute Gasteiger partial charge is 0.507 e. The summed E-state index contributed by atoms with van der Waals surface area (Å²) in [5.74, 6) is -1.15. The standard InChI is InChI=1S/C25H29ClN2O4/c1-5-27(6-2)13-14-28-22(18-10-8-7-9-16(18)3)21(24(30)25(28)31)23(29)19-15-17(32-4)11-12-20(19)26/h7-12,15,22,29H,5-6,13-14H2,1-4H3/b23-21+. The summed E-state index contributed by atoms with van der Waals surface area (Å²) >= 11 is 6.35. The lowest BCUT2D eigenvalue weighted by Gasteiger charge is -2.29. The van der Waals surface area contributed by atoms with Crippen molar-refractivity contribution in [3.63, 3.8) is 0 Å². The van der Waals surface area contributed by atoms with E-state index in [2.05, 4.69) is 18.7 Å². The van der Waals surface area contributed by atoms with Crippen molar-refractivity contribution in [1.29, 1.82) is 0 Å². The molecule has 1 amide bonds. The normalized spacial score (nSPS) is 17.9. The van der Waals surface area contributed by atoms with Gasteiger partial charge in [0.15, 0.2) is 0 Å². The molecule has 1 aliphatic rings. The maximum atomic E-state index is 13.2. The quantitative estimate of drug-likeness (QED) is 0.361. The Kier molecular flexibility index (Phi) is 7.59. The number of likely N-dealkylation sites (N-methyl/N-ethyl adjacent to an activating group) is 1. The molecular weight excluding hydrogens is 428 g/mol. The number of carbonyl (C=O) groups is 2. The summed E-state index contributed by atoms with van der Waals surface area (Å²) in [5, 5.41) is 11.5. The molecule has 1 unspecified atom stereocenters. The molecule has 1 atom stereocenters. The third-order valence-electron chi connectivity index (χ3n) is 6.00. The maximum absolute atomic E-state index is 13.2. The molecule has 7 heteroatoms. The Bertz CT molecular complexity index is 1050. The summed E-state index contributed by atoms with van der Waals surface area (Å²) in [5.41, 5.74) is 2.02. The molecule has 0 spiro atoms. The van der Waals surface area contributed by atoms with E-state index in [4.69, 9.17) is 16.3 Å². The van der Waals surface area contributed by atoms with Gasteiger partial charge in [0.2, 0.25) is 0 Å². The second kappa shape index (κ2) is 10.2. The van der Waals surface area contributed by atoms with Crippen LogP contribution in [0, 0.1) is 6.92 Å². The van der Waals surface area contributed by atoms with Gasteiger partial charge in [0.25, 0.3) is 11.7 Å². The van der Waals surface area contributed by atoms with E-state index in [0.29, 0.717) is 18.8 Å². The Labute approximate surface area is 194 Å². The minimum Gasteiger partial charge on any atom is -0.507 e. The number of halogens is 1. The molecule has 1 fully saturated rings. The highest BCUT2D eigenvalue weighted by Gasteiger charge is 2.46. The van der Waals surface area contributed by atoms with Crippen LogP contribution in [0.1, 0.15) is 36.6 Å². The lowest BCUT2D eigenvalue weighted by Crippen LogP contribution is -2.38. The number of hydrogen-bond acceptors (Lipinski definition) is 5. The van der Waals surface area contributed by atoms with Crippen LogP contribution in [0.5, 0.6) is 5.75 Å². The number of hydrogen-bond donors (Lipinski definition) is 1. The molecule has 0 aromatic heterocycles. The van der Waals surface area contributed by atoms with E-state index in [1.807, 2.05) is 31.2 Å². The zero-order chi connectivity index (χ0) is 23.4. The SMILES string of the molecule is CCN(CC)CCN1C(=O)C(=O)/C(=C(/O)c2cc(OC)ccc2Cl)C1c1ccccc1C. The van der Waals surface area contributed by atoms with Crippen molar-refractivity contribution < 1.29 is 19.4 Å². The number of ether oxygens (including phenoxy) is 1. The number of ketones is 1. The van der Waals surface area contributed by atoms with E-state index in [0.717, 1.165) is 24.2 Å². The minimum atomic E-state index is -0.714. The highest BCUT2D eigenvalue weighted by molar-refractivity contribution is 6.47. The Morgan fingerprint density at radius 3 is 2.47 bits per heavy atom. The zero-order valence-corrected chi connectivity index (χ0v) is 19.6. The second-order valence-corrected chi connectivity index (χ2v) is 8.13. The first-order valence-corrected chi connectivity index (χ1v) is 11.1. The summed E-state index contributed by atoms with van der Waals surface area (Å²) in [7, 11) is 1.51. The molecule has 1 heterocycles. The van der Waals surface area contributed by atoms with Gasteiger partial charge >= 0.3 is 0 Å². The van der Waals surface area contributed by atoms with Gasteiger partial charge < -0.3 is 19.6 Å². The fraction of sp³-hybridized carbons (Fsp3) is 0.360. The summed E-state index contributed by atoms with van der Waals surface area (Å²) < 4.78 is 5.25. The first-order valence-electron chi connectivity index (χ1n) is 10.7. The van der Waals surface area contributed by atoms with Gasteiger partial charge in [-0.05, 0) is 49.3 Å². The number of Topliss-reactive ketones (excluding diaryl/α,β-unsaturated/α-hetero) is 1. The highest BCUT2D eigenvalue weighted by Crippen LogP contribution is 2.41. The van der Waals surface area contributed by atoms with Crippen LogP contribution < -0.4 is 4.74 Å². The summed E-state index contributed by atoms with van der Waals surface area (Å²) in [6, 6.07) is 11.7. The Morgan fingerprint density at radius 2 is 1.84 bits per heavy atom. The number of aliphatic hydroxyl groups is 1. The first kappa shape index (κ1) is 23.8. The van der Waals surface area contributed by atoms with Gasteiger partial charge in [-0.1, -0.05) is 49.7 Å². The molecule has 0 aliphatic carbocycles. The van der Waals surface area contributed by atoms with Gasteiger partial charge in [-0.2, -0.15) is 0 Å². The van der Waals surface area contributed by atoms with Crippen LogP contribution >= 0.6 is 11.6 Å². The van der Waals surface area contributed by atoms with Gasteiger partial charge in [-0.3, -0.25) is 9.59 Å².